The van der Waals surface area contributed by atoms with Crippen molar-refractivity contribution < 1.29 is 14.4 Å². The molecule has 7 heteroatoms. The first-order valence-corrected chi connectivity index (χ1v) is 9.83. The van der Waals surface area contributed by atoms with Crippen molar-refractivity contribution in [3.8, 4) is 0 Å². The number of carbonyl (C=O) groups is 1. The van der Waals surface area contributed by atoms with Gasteiger partial charge in [-0.15, -0.1) is 0 Å². The number of rotatable bonds is 10. The summed E-state index contributed by atoms with van der Waals surface area (Å²) in [7, 11) is 0. The third kappa shape index (κ3) is 6.05. The average molecular weight is 372 g/mol. The van der Waals surface area contributed by atoms with E-state index >= 15 is 0 Å². The van der Waals surface area contributed by atoms with Gasteiger partial charge in [-0.3, -0.25) is 4.79 Å². The van der Waals surface area contributed by atoms with Crippen molar-refractivity contribution in [2.24, 2.45) is 5.41 Å². The van der Waals surface area contributed by atoms with E-state index in [-0.39, 0.29) is 11.8 Å². The highest BCUT2D eigenvalue weighted by Crippen LogP contribution is 2.41. The highest BCUT2D eigenvalue weighted by molar-refractivity contribution is 5.67. The highest BCUT2D eigenvalue weighted by Gasteiger charge is 2.36. The van der Waals surface area contributed by atoms with Gasteiger partial charge >= 0.3 is 5.97 Å². The predicted molar refractivity (Wildman–Crippen MR) is 101 cm³/mol. The fourth-order valence-corrected chi connectivity index (χ4v) is 3.91. The average Bonchev–Trinajstić information content (AvgIpc) is 3.09. The third-order valence-corrected chi connectivity index (χ3v) is 5.27. The standard InChI is InChI=1S/C20H28N4O3/c25-19(26)15-20(10-4-1-5-11-20)14-18-23-17(24-27-18)9-3-7-13-22-16-8-2-6-12-21-16/h2,6,8,12H,1,3-5,7,9-11,13-15H2,(H,21,22)(H,25,26). The van der Waals surface area contributed by atoms with E-state index in [4.69, 9.17) is 4.52 Å². The van der Waals surface area contributed by atoms with E-state index in [2.05, 4.69) is 20.4 Å². The Hall–Kier alpha value is -2.44. The number of aromatic nitrogens is 3. The number of nitrogens with one attached hydrogen (secondary N) is 1. The summed E-state index contributed by atoms with van der Waals surface area (Å²) in [5.41, 5.74) is -0.222. The Morgan fingerprint density at radius 2 is 2.07 bits per heavy atom. The summed E-state index contributed by atoms with van der Waals surface area (Å²) >= 11 is 0. The Kier molecular flexibility index (Phi) is 6.79. The van der Waals surface area contributed by atoms with Crippen molar-refractivity contribution in [3.05, 3.63) is 36.1 Å². The van der Waals surface area contributed by atoms with Gasteiger partial charge in [0.05, 0.1) is 6.42 Å². The van der Waals surface area contributed by atoms with Crippen LogP contribution >= 0.6 is 0 Å². The molecule has 0 spiro atoms. The molecule has 0 atom stereocenters. The van der Waals surface area contributed by atoms with Gasteiger partial charge in [0.25, 0.3) is 0 Å². The minimum atomic E-state index is -0.739. The van der Waals surface area contributed by atoms with Gasteiger partial charge in [-0.1, -0.05) is 30.5 Å². The largest absolute Gasteiger partial charge is 0.481 e. The first-order chi connectivity index (χ1) is 13.2. The second-order valence-corrected chi connectivity index (χ2v) is 7.51. The van der Waals surface area contributed by atoms with Crippen LogP contribution in [0.3, 0.4) is 0 Å². The Bertz CT molecular complexity index is 711. The molecule has 0 bridgehead atoms. The molecule has 3 rings (SSSR count). The van der Waals surface area contributed by atoms with Crippen molar-refractivity contribution >= 4 is 11.8 Å². The molecule has 0 aliphatic heterocycles. The summed E-state index contributed by atoms with van der Waals surface area (Å²) < 4.78 is 5.42. The summed E-state index contributed by atoms with van der Waals surface area (Å²) in [6, 6.07) is 5.80. The third-order valence-electron chi connectivity index (χ3n) is 5.27. The Labute approximate surface area is 159 Å². The summed E-state index contributed by atoms with van der Waals surface area (Å²) in [6.07, 6.45) is 10.4. The van der Waals surface area contributed by atoms with Crippen molar-refractivity contribution in [2.75, 3.05) is 11.9 Å². The van der Waals surface area contributed by atoms with E-state index < -0.39 is 5.97 Å². The van der Waals surface area contributed by atoms with E-state index in [1.54, 1.807) is 6.20 Å². The van der Waals surface area contributed by atoms with Crippen molar-refractivity contribution in [1.29, 1.82) is 0 Å². The van der Waals surface area contributed by atoms with Gasteiger partial charge in [0, 0.05) is 25.6 Å². The van der Waals surface area contributed by atoms with Crippen LogP contribution < -0.4 is 5.32 Å². The Morgan fingerprint density at radius 3 is 2.81 bits per heavy atom. The van der Waals surface area contributed by atoms with Gasteiger partial charge in [0.15, 0.2) is 5.82 Å². The monoisotopic (exact) mass is 372 g/mol. The lowest BCUT2D eigenvalue weighted by Crippen LogP contribution is -2.29. The van der Waals surface area contributed by atoms with Crippen LogP contribution in [0.2, 0.25) is 0 Å². The van der Waals surface area contributed by atoms with Gasteiger partial charge in [0.1, 0.15) is 5.82 Å². The smallest absolute Gasteiger partial charge is 0.303 e. The van der Waals surface area contributed by atoms with Crippen molar-refractivity contribution in [2.45, 2.75) is 64.2 Å². The number of unbranched alkanes of at least 4 members (excludes halogenated alkanes) is 1. The SMILES string of the molecule is O=C(O)CC1(Cc2nc(CCCCNc3ccccn3)no2)CCCCC1. The molecule has 1 saturated carbocycles. The fourth-order valence-electron chi connectivity index (χ4n) is 3.91. The summed E-state index contributed by atoms with van der Waals surface area (Å²) in [5, 5.41) is 16.7. The number of hydrogen-bond acceptors (Lipinski definition) is 6. The predicted octanol–water partition coefficient (Wildman–Crippen LogP) is 3.87. The van der Waals surface area contributed by atoms with E-state index in [1.807, 2.05) is 18.2 Å². The molecule has 0 saturated heterocycles. The van der Waals surface area contributed by atoms with Crippen molar-refractivity contribution in [1.82, 2.24) is 15.1 Å². The normalized spacial score (nSPS) is 16.1. The van der Waals surface area contributed by atoms with Crippen LogP contribution in [0.5, 0.6) is 0 Å². The molecular weight excluding hydrogens is 344 g/mol. The fraction of sp³-hybridized carbons (Fsp3) is 0.600. The second kappa shape index (κ2) is 9.48. The van der Waals surface area contributed by atoms with Gasteiger partial charge in [-0.25, -0.2) is 4.98 Å². The van der Waals surface area contributed by atoms with E-state index in [9.17, 15) is 9.90 Å². The van der Waals surface area contributed by atoms with Crippen LogP contribution in [-0.4, -0.2) is 32.7 Å². The lowest BCUT2D eigenvalue weighted by molar-refractivity contribution is -0.140. The van der Waals surface area contributed by atoms with Crippen molar-refractivity contribution in [3.63, 3.8) is 0 Å². The molecule has 1 aliphatic carbocycles. The zero-order valence-electron chi connectivity index (χ0n) is 15.7. The lowest BCUT2D eigenvalue weighted by Gasteiger charge is -2.34. The molecular formula is C20H28N4O3. The molecule has 2 aromatic rings. The zero-order valence-corrected chi connectivity index (χ0v) is 15.7. The number of carboxylic acids is 1. The molecule has 0 unspecified atom stereocenters. The van der Waals surface area contributed by atoms with E-state index in [1.165, 1.54) is 6.42 Å². The van der Waals surface area contributed by atoms with Crippen LogP contribution in [0, 0.1) is 5.41 Å². The number of anilines is 1. The van der Waals surface area contributed by atoms with Gasteiger partial charge in [-0.05, 0) is 43.2 Å². The first kappa shape index (κ1) is 19.3. The summed E-state index contributed by atoms with van der Waals surface area (Å²) in [5.74, 6) is 1.44. The molecule has 0 aromatic carbocycles. The molecule has 0 radical (unpaired) electrons. The molecule has 1 fully saturated rings. The van der Waals surface area contributed by atoms with Crippen LogP contribution in [0.15, 0.2) is 28.9 Å². The highest BCUT2D eigenvalue weighted by atomic mass is 16.5. The van der Waals surface area contributed by atoms with E-state index in [0.29, 0.717) is 18.1 Å². The number of aryl methyl sites for hydroxylation is 1. The minimum Gasteiger partial charge on any atom is -0.481 e. The summed E-state index contributed by atoms with van der Waals surface area (Å²) in [6.45, 7) is 0.851. The molecule has 2 aromatic heterocycles. The van der Waals surface area contributed by atoms with Crippen LogP contribution in [0.4, 0.5) is 5.82 Å². The topological polar surface area (TPSA) is 101 Å². The number of nitrogens with zero attached hydrogens (tertiary/aromatic N) is 3. The summed E-state index contributed by atoms with van der Waals surface area (Å²) in [4.78, 5) is 20.0. The van der Waals surface area contributed by atoms with Gasteiger partial charge in [-0.2, -0.15) is 4.98 Å². The number of carboxylic acid groups (broad SMARTS) is 1. The van der Waals surface area contributed by atoms with Crippen LogP contribution in [-0.2, 0) is 17.6 Å². The first-order valence-electron chi connectivity index (χ1n) is 9.83. The molecule has 2 heterocycles. The maximum absolute atomic E-state index is 11.3. The molecule has 1 aliphatic rings. The molecule has 7 nitrogen and oxygen atoms in total. The zero-order chi connectivity index (χ0) is 19.0. The number of aliphatic carboxylic acids is 1. The molecule has 0 amide bonds. The number of hydrogen-bond donors (Lipinski definition) is 2. The maximum atomic E-state index is 11.3. The molecule has 2 N–H and O–H groups in total. The Morgan fingerprint density at radius 1 is 1.22 bits per heavy atom. The quantitative estimate of drug-likeness (QED) is 0.611. The number of pyridine rings is 1. The Balaban J connectivity index is 1.44. The second-order valence-electron chi connectivity index (χ2n) is 7.51. The van der Waals surface area contributed by atoms with Gasteiger partial charge in [0.2, 0.25) is 5.89 Å². The van der Waals surface area contributed by atoms with Crippen LogP contribution in [0.1, 0.15) is 63.1 Å². The van der Waals surface area contributed by atoms with Crippen LogP contribution in [0.25, 0.3) is 0 Å². The van der Waals surface area contributed by atoms with Gasteiger partial charge < -0.3 is 14.9 Å². The van der Waals surface area contributed by atoms with E-state index in [0.717, 1.165) is 57.3 Å². The molecule has 146 valence electrons. The molecule has 27 heavy (non-hydrogen) atoms. The maximum Gasteiger partial charge on any atom is 0.303 e. The lowest BCUT2D eigenvalue weighted by atomic mass is 9.69. The minimum absolute atomic E-state index is 0.184.